The van der Waals surface area contributed by atoms with Gasteiger partial charge in [0.1, 0.15) is 5.69 Å². The average molecular weight is 376 g/mol. The van der Waals surface area contributed by atoms with E-state index in [4.69, 9.17) is 0 Å². The summed E-state index contributed by atoms with van der Waals surface area (Å²) in [6, 6.07) is 13.3. The first-order valence-corrected chi connectivity index (χ1v) is 10.3. The summed E-state index contributed by atoms with van der Waals surface area (Å²) in [6.07, 6.45) is 0. The van der Waals surface area contributed by atoms with Crippen LogP contribution >= 0.6 is 11.3 Å². The summed E-state index contributed by atoms with van der Waals surface area (Å²) in [7, 11) is -3.55. The van der Waals surface area contributed by atoms with Gasteiger partial charge < -0.3 is 0 Å². The second kappa shape index (κ2) is 7.11. The Hall–Kier alpha value is -1.96. The van der Waals surface area contributed by atoms with Gasteiger partial charge in [-0.3, -0.25) is 5.10 Å². The van der Waals surface area contributed by atoms with Gasteiger partial charge in [0.2, 0.25) is 10.0 Å². The molecule has 3 rings (SSSR count). The van der Waals surface area contributed by atoms with E-state index in [0.29, 0.717) is 18.0 Å². The van der Waals surface area contributed by atoms with Crippen molar-refractivity contribution in [2.75, 3.05) is 6.54 Å². The van der Waals surface area contributed by atoms with Crippen molar-refractivity contribution in [3.05, 3.63) is 58.6 Å². The van der Waals surface area contributed by atoms with Crippen molar-refractivity contribution < 1.29 is 8.42 Å². The molecule has 0 aliphatic heterocycles. The lowest BCUT2D eigenvalue weighted by atomic mass is 10.2. The van der Waals surface area contributed by atoms with Gasteiger partial charge >= 0.3 is 0 Å². The van der Waals surface area contributed by atoms with Crippen LogP contribution in [0, 0.1) is 13.8 Å². The number of sulfonamides is 1. The lowest BCUT2D eigenvalue weighted by molar-refractivity contribution is 0.423. The first-order chi connectivity index (χ1) is 11.9. The summed E-state index contributed by atoms with van der Waals surface area (Å²) in [4.78, 5) is 2.00. The molecule has 2 aromatic heterocycles. The molecule has 7 heteroatoms. The molecule has 0 spiro atoms. The van der Waals surface area contributed by atoms with E-state index in [9.17, 15) is 8.42 Å². The maximum atomic E-state index is 13.1. The largest absolute Gasteiger partial charge is 0.282 e. The molecule has 1 aromatic carbocycles. The number of nitrogens with zero attached hydrogens (tertiary/aromatic N) is 2. The highest BCUT2D eigenvalue weighted by Crippen LogP contribution is 2.34. The maximum absolute atomic E-state index is 13.1. The molecule has 1 N–H and O–H groups in total. The molecule has 0 atom stereocenters. The van der Waals surface area contributed by atoms with Crippen LogP contribution in [0.5, 0.6) is 0 Å². The van der Waals surface area contributed by atoms with E-state index >= 15 is 0 Å². The molecule has 0 amide bonds. The van der Waals surface area contributed by atoms with Crippen molar-refractivity contribution in [1.82, 2.24) is 14.5 Å². The number of rotatable bonds is 6. The van der Waals surface area contributed by atoms with Gasteiger partial charge in [-0.2, -0.15) is 9.40 Å². The van der Waals surface area contributed by atoms with Crippen molar-refractivity contribution in [1.29, 1.82) is 0 Å². The maximum Gasteiger partial charge on any atom is 0.244 e. The van der Waals surface area contributed by atoms with Crippen LogP contribution in [0.25, 0.3) is 10.6 Å². The Balaban J connectivity index is 1.94. The highest BCUT2D eigenvalue weighted by molar-refractivity contribution is 7.89. The van der Waals surface area contributed by atoms with Crippen molar-refractivity contribution in [2.45, 2.75) is 32.2 Å². The molecule has 0 fully saturated rings. The van der Waals surface area contributed by atoms with Crippen LogP contribution in [-0.2, 0) is 16.6 Å². The van der Waals surface area contributed by atoms with E-state index in [1.165, 1.54) is 15.6 Å². The highest BCUT2D eigenvalue weighted by atomic mass is 32.2. The Morgan fingerprint density at radius 1 is 1.16 bits per heavy atom. The number of benzene rings is 1. The average Bonchev–Trinajstić information content (AvgIpc) is 3.19. The molecule has 2 heterocycles. The third kappa shape index (κ3) is 3.68. The fourth-order valence-electron chi connectivity index (χ4n) is 2.68. The number of aryl methyl sites for hydroxylation is 2. The normalized spacial score (nSPS) is 12.0. The van der Waals surface area contributed by atoms with Gasteiger partial charge in [-0.25, -0.2) is 8.42 Å². The van der Waals surface area contributed by atoms with Crippen LogP contribution < -0.4 is 0 Å². The molecule has 25 heavy (non-hydrogen) atoms. The zero-order valence-corrected chi connectivity index (χ0v) is 16.1. The number of aromatic nitrogens is 2. The number of aromatic amines is 1. The molecule has 0 unspecified atom stereocenters. The van der Waals surface area contributed by atoms with Crippen LogP contribution in [0.15, 0.2) is 47.4 Å². The Morgan fingerprint density at radius 3 is 2.48 bits per heavy atom. The Kier molecular flexibility index (Phi) is 5.08. The molecule has 0 aliphatic carbocycles. The topological polar surface area (TPSA) is 66.1 Å². The van der Waals surface area contributed by atoms with Crippen LogP contribution in [0.1, 0.15) is 23.1 Å². The van der Waals surface area contributed by atoms with E-state index in [2.05, 4.69) is 10.2 Å². The van der Waals surface area contributed by atoms with Crippen molar-refractivity contribution in [3.63, 3.8) is 0 Å². The van der Waals surface area contributed by atoms with Crippen molar-refractivity contribution in [2.24, 2.45) is 0 Å². The number of hydrogen-bond acceptors (Lipinski definition) is 4. The standard InChI is InChI=1S/C18H21N3O2S2/c1-4-21(12-15-8-6-5-7-9-15)25(22,23)18-11-17(24-14(18)3)16-10-13(2)19-20-16/h5-11H,4,12H2,1-3H3,(H,19,20). The molecule has 132 valence electrons. The number of nitrogens with one attached hydrogen (secondary N) is 1. The minimum atomic E-state index is -3.55. The van der Waals surface area contributed by atoms with E-state index in [0.717, 1.165) is 26.7 Å². The molecule has 0 bridgehead atoms. The monoisotopic (exact) mass is 375 g/mol. The zero-order chi connectivity index (χ0) is 18.0. The van der Waals surface area contributed by atoms with Gasteiger partial charge in [0.05, 0.1) is 9.77 Å². The smallest absolute Gasteiger partial charge is 0.244 e. The SMILES string of the molecule is CCN(Cc1ccccc1)S(=O)(=O)c1cc(-c2cc(C)[nH]n2)sc1C. The predicted octanol–water partition coefficient (Wildman–Crippen LogP) is 3.97. The van der Waals surface area contributed by atoms with Crippen LogP contribution in [0.2, 0.25) is 0 Å². The highest BCUT2D eigenvalue weighted by Gasteiger charge is 2.27. The number of thiophene rings is 1. The van der Waals surface area contributed by atoms with E-state index in [-0.39, 0.29) is 0 Å². The second-order valence-electron chi connectivity index (χ2n) is 5.88. The molecule has 3 aromatic rings. The molecule has 0 saturated carbocycles. The van der Waals surface area contributed by atoms with E-state index < -0.39 is 10.0 Å². The first kappa shape index (κ1) is 17.8. The third-order valence-electron chi connectivity index (χ3n) is 4.00. The summed E-state index contributed by atoms with van der Waals surface area (Å²) in [6.45, 7) is 6.42. The molecule has 0 radical (unpaired) electrons. The first-order valence-electron chi connectivity index (χ1n) is 8.08. The van der Waals surface area contributed by atoms with Crippen LogP contribution in [0.4, 0.5) is 0 Å². The zero-order valence-electron chi connectivity index (χ0n) is 14.5. The summed E-state index contributed by atoms with van der Waals surface area (Å²) in [5.41, 5.74) is 2.70. The summed E-state index contributed by atoms with van der Waals surface area (Å²) >= 11 is 1.45. The van der Waals surface area contributed by atoms with Gasteiger partial charge in [-0.05, 0) is 31.5 Å². The lowest BCUT2D eigenvalue weighted by Crippen LogP contribution is -2.30. The Bertz CT molecular complexity index is 959. The van der Waals surface area contributed by atoms with Crippen molar-refractivity contribution >= 4 is 21.4 Å². The second-order valence-corrected chi connectivity index (χ2v) is 9.05. The summed E-state index contributed by atoms with van der Waals surface area (Å²) in [5.74, 6) is 0. The number of hydrogen-bond donors (Lipinski definition) is 1. The Labute approximate surface area is 152 Å². The van der Waals surface area contributed by atoms with E-state index in [1.807, 2.05) is 57.2 Å². The minimum Gasteiger partial charge on any atom is -0.282 e. The fraction of sp³-hybridized carbons (Fsp3) is 0.278. The van der Waals surface area contributed by atoms with Gasteiger partial charge in [0.15, 0.2) is 0 Å². The van der Waals surface area contributed by atoms with Crippen LogP contribution in [-0.4, -0.2) is 29.5 Å². The Morgan fingerprint density at radius 2 is 1.88 bits per heavy atom. The van der Waals surface area contributed by atoms with Gasteiger partial charge in [0, 0.05) is 23.7 Å². The van der Waals surface area contributed by atoms with Gasteiger partial charge in [-0.1, -0.05) is 37.3 Å². The fourth-order valence-corrected chi connectivity index (χ4v) is 5.64. The minimum absolute atomic E-state index is 0.367. The molecule has 5 nitrogen and oxygen atoms in total. The molecule has 0 aliphatic rings. The van der Waals surface area contributed by atoms with Crippen LogP contribution in [0.3, 0.4) is 0 Å². The van der Waals surface area contributed by atoms with E-state index in [1.54, 1.807) is 6.07 Å². The summed E-state index contributed by atoms with van der Waals surface area (Å²) < 4.78 is 27.8. The predicted molar refractivity (Wildman–Crippen MR) is 101 cm³/mol. The quantitative estimate of drug-likeness (QED) is 0.709. The third-order valence-corrected chi connectivity index (χ3v) is 7.25. The molecule has 0 saturated heterocycles. The summed E-state index contributed by atoms with van der Waals surface area (Å²) in [5, 5.41) is 7.13. The number of H-pyrrole nitrogens is 1. The van der Waals surface area contributed by atoms with Gasteiger partial charge in [-0.15, -0.1) is 11.3 Å². The lowest BCUT2D eigenvalue weighted by Gasteiger charge is -2.20. The van der Waals surface area contributed by atoms with Gasteiger partial charge in [0.25, 0.3) is 0 Å². The molecular weight excluding hydrogens is 354 g/mol. The van der Waals surface area contributed by atoms with Crippen molar-refractivity contribution in [3.8, 4) is 10.6 Å². The molecular formula is C18H21N3O2S2.